The van der Waals surface area contributed by atoms with Crippen LogP contribution in [0.5, 0.6) is 0 Å². The molecule has 22 heavy (non-hydrogen) atoms. The highest BCUT2D eigenvalue weighted by atomic mass is 35.5. The summed E-state index contributed by atoms with van der Waals surface area (Å²) in [5.41, 5.74) is 1.03. The van der Waals surface area contributed by atoms with E-state index in [2.05, 4.69) is 10.2 Å². The van der Waals surface area contributed by atoms with Gasteiger partial charge >= 0.3 is 0 Å². The summed E-state index contributed by atoms with van der Waals surface area (Å²) in [6, 6.07) is 6.58. The largest absolute Gasteiger partial charge is 0.368 e. The van der Waals surface area contributed by atoms with Crippen molar-refractivity contribution in [2.75, 3.05) is 37.6 Å². The maximum atomic E-state index is 12.9. The number of halogens is 3. The summed E-state index contributed by atoms with van der Waals surface area (Å²) in [5, 5.41) is 3.26. The fourth-order valence-corrected chi connectivity index (χ4v) is 2.95. The van der Waals surface area contributed by atoms with Crippen LogP contribution in [0.3, 0.4) is 0 Å². The summed E-state index contributed by atoms with van der Waals surface area (Å²) in [6.07, 6.45) is 2.04. The third kappa shape index (κ3) is 4.24. The van der Waals surface area contributed by atoms with Gasteiger partial charge in [-0.15, -0.1) is 24.8 Å². The first-order chi connectivity index (χ1) is 9.74. The molecule has 2 saturated heterocycles. The second kappa shape index (κ2) is 8.56. The van der Waals surface area contributed by atoms with Crippen LogP contribution in [0.4, 0.5) is 10.1 Å². The Bertz CT molecular complexity index is 472. The molecule has 2 fully saturated rings. The van der Waals surface area contributed by atoms with E-state index in [0.717, 1.165) is 51.3 Å². The standard InChI is InChI=1S/C15H20FN3O.2ClH/c16-12-3-5-13(6-4-12)18-8-10-19(11-9-18)15(20)14-2-1-7-17-14;;/h3-6,14,17H,1-2,7-11H2;2*1H/t14-;;/m0../s1. The highest BCUT2D eigenvalue weighted by Crippen LogP contribution is 2.18. The van der Waals surface area contributed by atoms with Gasteiger partial charge in [-0.2, -0.15) is 0 Å². The summed E-state index contributed by atoms with van der Waals surface area (Å²) in [5.74, 6) is 0.0242. The van der Waals surface area contributed by atoms with Crippen molar-refractivity contribution >= 4 is 36.4 Å². The zero-order valence-electron chi connectivity index (χ0n) is 12.3. The van der Waals surface area contributed by atoms with Gasteiger partial charge in [-0.05, 0) is 43.7 Å². The van der Waals surface area contributed by atoms with Crippen LogP contribution in [0.25, 0.3) is 0 Å². The topological polar surface area (TPSA) is 35.6 Å². The maximum Gasteiger partial charge on any atom is 0.239 e. The first-order valence-corrected chi connectivity index (χ1v) is 7.27. The average Bonchev–Trinajstić information content (AvgIpc) is 3.02. The number of hydrogen-bond acceptors (Lipinski definition) is 3. The molecule has 1 atom stereocenters. The quantitative estimate of drug-likeness (QED) is 0.887. The molecule has 2 heterocycles. The molecule has 0 saturated carbocycles. The SMILES string of the molecule is Cl.Cl.O=C([C@@H]1CCCN1)N1CCN(c2ccc(F)cc2)CC1. The lowest BCUT2D eigenvalue weighted by atomic mass is 10.1. The molecule has 0 aliphatic carbocycles. The van der Waals surface area contributed by atoms with Crippen LogP contribution in [0, 0.1) is 5.82 Å². The fraction of sp³-hybridized carbons (Fsp3) is 0.533. The number of carbonyl (C=O) groups is 1. The lowest BCUT2D eigenvalue weighted by Crippen LogP contribution is -2.53. The summed E-state index contributed by atoms with van der Waals surface area (Å²) >= 11 is 0. The van der Waals surface area contributed by atoms with E-state index in [1.807, 2.05) is 4.90 Å². The molecule has 1 aromatic rings. The van der Waals surface area contributed by atoms with Gasteiger partial charge in [0, 0.05) is 31.9 Å². The van der Waals surface area contributed by atoms with Crippen molar-refractivity contribution in [2.45, 2.75) is 18.9 Å². The van der Waals surface area contributed by atoms with Crippen molar-refractivity contribution in [3.8, 4) is 0 Å². The van der Waals surface area contributed by atoms with Crippen LogP contribution in [-0.2, 0) is 4.79 Å². The predicted molar refractivity (Wildman–Crippen MR) is 90.7 cm³/mol. The minimum absolute atomic E-state index is 0. The van der Waals surface area contributed by atoms with Gasteiger partial charge in [0.25, 0.3) is 0 Å². The van der Waals surface area contributed by atoms with Gasteiger partial charge in [0.15, 0.2) is 0 Å². The monoisotopic (exact) mass is 349 g/mol. The highest BCUT2D eigenvalue weighted by Gasteiger charge is 2.29. The minimum atomic E-state index is -0.213. The Morgan fingerprint density at radius 1 is 1.09 bits per heavy atom. The molecule has 2 aliphatic rings. The molecule has 7 heteroatoms. The first-order valence-electron chi connectivity index (χ1n) is 7.27. The predicted octanol–water partition coefficient (Wildman–Crippen LogP) is 2.07. The number of nitrogens with one attached hydrogen (secondary N) is 1. The minimum Gasteiger partial charge on any atom is -0.368 e. The van der Waals surface area contributed by atoms with Gasteiger partial charge in [0.1, 0.15) is 5.82 Å². The van der Waals surface area contributed by atoms with E-state index in [9.17, 15) is 9.18 Å². The smallest absolute Gasteiger partial charge is 0.239 e. The Morgan fingerprint density at radius 2 is 1.73 bits per heavy atom. The molecule has 0 unspecified atom stereocenters. The number of carbonyl (C=O) groups excluding carboxylic acids is 1. The molecule has 2 aliphatic heterocycles. The normalized spacial score (nSPS) is 21.0. The van der Waals surface area contributed by atoms with Crippen LogP contribution in [-0.4, -0.2) is 49.6 Å². The van der Waals surface area contributed by atoms with Crippen LogP contribution in [0.1, 0.15) is 12.8 Å². The number of hydrogen-bond donors (Lipinski definition) is 1. The first kappa shape index (κ1) is 19.0. The molecule has 0 aromatic heterocycles. The second-order valence-corrected chi connectivity index (χ2v) is 5.44. The van der Waals surface area contributed by atoms with E-state index >= 15 is 0 Å². The number of amides is 1. The van der Waals surface area contributed by atoms with E-state index < -0.39 is 0 Å². The zero-order chi connectivity index (χ0) is 13.9. The third-order valence-electron chi connectivity index (χ3n) is 4.14. The molecule has 1 N–H and O–H groups in total. The van der Waals surface area contributed by atoms with Gasteiger partial charge < -0.3 is 15.1 Å². The zero-order valence-corrected chi connectivity index (χ0v) is 14.0. The lowest BCUT2D eigenvalue weighted by Gasteiger charge is -2.37. The van der Waals surface area contributed by atoms with Crippen LogP contribution in [0.15, 0.2) is 24.3 Å². The number of anilines is 1. The van der Waals surface area contributed by atoms with Gasteiger partial charge in [-0.3, -0.25) is 4.79 Å². The Labute approximate surface area is 142 Å². The van der Waals surface area contributed by atoms with E-state index in [-0.39, 0.29) is 42.6 Å². The Hall–Kier alpha value is -1.04. The number of benzene rings is 1. The van der Waals surface area contributed by atoms with Crippen molar-refractivity contribution in [3.63, 3.8) is 0 Å². The summed E-state index contributed by atoms with van der Waals surface area (Å²) in [4.78, 5) is 16.4. The second-order valence-electron chi connectivity index (χ2n) is 5.44. The van der Waals surface area contributed by atoms with Gasteiger partial charge in [-0.1, -0.05) is 0 Å². The summed E-state index contributed by atoms with van der Waals surface area (Å²) < 4.78 is 12.9. The fourth-order valence-electron chi connectivity index (χ4n) is 2.95. The van der Waals surface area contributed by atoms with Crippen molar-refractivity contribution in [1.29, 1.82) is 0 Å². The van der Waals surface area contributed by atoms with Crippen molar-refractivity contribution < 1.29 is 9.18 Å². The Kier molecular flexibility index (Phi) is 7.39. The highest BCUT2D eigenvalue weighted by molar-refractivity contribution is 5.85. The molecule has 1 aromatic carbocycles. The molecule has 1 amide bonds. The molecular weight excluding hydrogens is 328 g/mol. The van der Waals surface area contributed by atoms with Crippen LogP contribution >= 0.6 is 24.8 Å². The lowest BCUT2D eigenvalue weighted by molar-refractivity contribution is -0.133. The van der Waals surface area contributed by atoms with Gasteiger partial charge in [0.2, 0.25) is 5.91 Å². The van der Waals surface area contributed by atoms with Crippen LogP contribution < -0.4 is 10.2 Å². The van der Waals surface area contributed by atoms with Crippen molar-refractivity contribution in [1.82, 2.24) is 10.2 Å². The molecule has 3 rings (SSSR count). The summed E-state index contributed by atoms with van der Waals surface area (Å²) in [6.45, 7) is 4.06. The molecular formula is C15H22Cl2FN3O. The molecule has 4 nitrogen and oxygen atoms in total. The van der Waals surface area contributed by atoms with Crippen molar-refractivity contribution in [3.05, 3.63) is 30.1 Å². The molecule has 0 spiro atoms. The van der Waals surface area contributed by atoms with Crippen LogP contribution in [0.2, 0.25) is 0 Å². The van der Waals surface area contributed by atoms with E-state index in [4.69, 9.17) is 0 Å². The average molecular weight is 350 g/mol. The number of piperazine rings is 1. The van der Waals surface area contributed by atoms with Crippen molar-refractivity contribution in [2.24, 2.45) is 0 Å². The summed E-state index contributed by atoms with van der Waals surface area (Å²) in [7, 11) is 0. The maximum absolute atomic E-state index is 12.9. The van der Waals surface area contributed by atoms with E-state index in [0.29, 0.717) is 0 Å². The Balaban J connectivity index is 0.00000121. The third-order valence-corrected chi connectivity index (χ3v) is 4.14. The molecule has 124 valence electrons. The molecule has 0 bridgehead atoms. The van der Waals surface area contributed by atoms with Gasteiger partial charge in [-0.25, -0.2) is 4.39 Å². The van der Waals surface area contributed by atoms with E-state index in [1.54, 1.807) is 12.1 Å². The number of nitrogens with zero attached hydrogens (tertiary/aromatic N) is 2. The molecule has 0 radical (unpaired) electrons. The number of rotatable bonds is 2. The van der Waals surface area contributed by atoms with Gasteiger partial charge in [0.05, 0.1) is 6.04 Å². The Morgan fingerprint density at radius 3 is 2.27 bits per heavy atom. The van der Waals surface area contributed by atoms with E-state index in [1.165, 1.54) is 12.1 Å².